The van der Waals surface area contributed by atoms with Gasteiger partial charge in [0, 0.05) is 5.56 Å². The molecule has 0 aliphatic rings. The molecule has 1 rings (SSSR count). The molecule has 0 amide bonds. The number of nitrogens with one attached hydrogen (secondary N) is 1. The summed E-state index contributed by atoms with van der Waals surface area (Å²) in [5.41, 5.74) is 6.13. The van der Waals surface area contributed by atoms with E-state index in [1.165, 1.54) is 6.20 Å². The minimum atomic E-state index is -0.286. The molecule has 5 nitrogen and oxygen atoms in total. The van der Waals surface area contributed by atoms with E-state index in [0.29, 0.717) is 18.0 Å². The minimum absolute atomic E-state index is 0. The number of hydrogen-bond donors (Lipinski definition) is 2. The molecule has 0 spiro atoms. The lowest BCUT2D eigenvalue weighted by Crippen LogP contribution is -2.08. The Bertz CT molecular complexity index is 274. The van der Waals surface area contributed by atoms with Gasteiger partial charge in [0.25, 0.3) is 0 Å². The van der Waals surface area contributed by atoms with Gasteiger partial charge in [-0.15, -0.1) is 12.4 Å². The van der Waals surface area contributed by atoms with Crippen molar-refractivity contribution in [3.05, 3.63) is 11.8 Å². The van der Waals surface area contributed by atoms with E-state index in [2.05, 4.69) is 10.2 Å². The van der Waals surface area contributed by atoms with Gasteiger partial charge in [-0.05, 0) is 6.92 Å². The Hall–Kier alpha value is -1.23. The van der Waals surface area contributed by atoms with Gasteiger partial charge in [-0.25, -0.2) is 0 Å². The van der Waals surface area contributed by atoms with Crippen LogP contribution in [0.15, 0.2) is 6.20 Å². The van der Waals surface area contributed by atoms with E-state index in [9.17, 15) is 4.79 Å². The van der Waals surface area contributed by atoms with Gasteiger partial charge >= 0.3 is 5.97 Å². The second-order valence-electron chi connectivity index (χ2n) is 2.29. The number of rotatable bonds is 3. The molecule has 0 saturated heterocycles. The van der Waals surface area contributed by atoms with Crippen LogP contribution in [0, 0.1) is 0 Å². The molecule has 13 heavy (non-hydrogen) atoms. The Kier molecular flexibility index (Phi) is 4.91. The zero-order valence-electron chi connectivity index (χ0n) is 7.24. The van der Waals surface area contributed by atoms with Crippen molar-refractivity contribution in [2.45, 2.75) is 13.3 Å². The fourth-order valence-electron chi connectivity index (χ4n) is 0.829. The Morgan fingerprint density at radius 1 is 1.77 bits per heavy atom. The van der Waals surface area contributed by atoms with E-state index in [1.54, 1.807) is 6.92 Å². The standard InChI is InChI=1S/C7H11N3O2.ClH/c1-2-12-6(11)3-5-4-9-10-7(5)8;/h4H,2-3H2,1H3,(H3,8,9,10);1H. The van der Waals surface area contributed by atoms with Crippen molar-refractivity contribution < 1.29 is 9.53 Å². The molecule has 6 heteroatoms. The first-order valence-electron chi connectivity index (χ1n) is 3.67. The van der Waals surface area contributed by atoms with Gasteiger partial charge in [0.1, 0.15) is 5.82 Å². The minimum Gasteiger partial charge on any atom is -0.466 e. The molecule has 0 aliphatic heterocycles. The fourth-order valence-corrected chi connectivity index (χ4v) is 0.829. The van der Waals surface area contributed by atoms with Crippen LogP contribution in [0.4, 0.5) is 5.82 Å². The smallest absolute Gasteiger partial charge is 0.310 e. The van der Waals surface area contributed by atoms with Crippen molar-refractivity contribution in [3.8, 4) is 0 Å². The molecule has 1 aromatic rings. The van der Waals surface area contributed by atoms with Crippen molar-refractivity contribution >= 4 is 24.2 Å². The summed E-state index contributed by atoms with van der Waals surface area (Å²) in [4.78, 5) is 10.9. The van der Waals surface area contributed by atoms with E-state index in [-0.39, 0.29) is 24.8 Å². The number of halogens is 1. The van der Waals surface area contributed by atoms with E-state index >= 15 is 0 Å². The number of aromatic nitrogens is 2. The topological polar surface area (TPSA) is 81.0 Å². The number of hydrogen-bond acceptors (Lipinski definition) is 4. The summed E-state index contributed by atoms with van der Waals surface area (Å²) in [5, 5.41) is 6.21. The van der Waals surface area contributed by atoms with Crippen LogP contribution in [0.5, 0.6) is 0 Å². The molecule has 0 radical (unpaired) electrons. The third-order valence-electron chi connectivity index (χ3n) is 1.39. The molecule has 0 aliphatic carbocycles. The van der Waals surface area contributed by atoms with E-state index in [1.807, 2.05) is 0 Å². The SMILES string of the molecule is CCOC(=O)Cc1cn[nH]c1N.Cl. The normalized spacial score (nSPS) is 9.00. The molecule has 0 atom stereocenters. The molecule has 0 bridgehead atoms. The van der Waals surface area contributed by atoms with E-state index in [4.69, 9.17) is 10.5 Å². The highest BCUT2D eigenvalue weighted by Gasteiger charge is 2.07. The number of nitrogens with two attached hydrogens (primary N) is 1. The van der Waals surface area contributed by atoms with Crippen molar-refractivity contribution in [3.63, 3.8) is 0 Å². The van der Waals surface area contributed by atoms with Gasteiger partial charge in [-0.2, -0.15) is 5.10 Å². The van der Waals surface area contributed by atoms with Crippen LogP contribution >= 0.6 is 12.4 Å². The first-order valence-corrected chi connectivity index (χ1v) is 3.67. The summed E-state index contributed by atoms with van der Waals surface area (Å²) in [7, 11) is 0. The fraction of sp³-hybridized carbons (Fsp3) is 0.429. The first kappa shape index (κ1) is 11.8. The lowest BCUT2D eigenvalue weighted by atomic mass is 10.2. The average molecular weight is 206 g/mol. The average Bonchev–Trinajstić information content (AvgIpc) is 2.37. The van der Waals surface area contributed by atoms with Crippen LogP contribution in [-0.4, -0.2) is 22.8 Å². The number of carbonyl (C=O) groups excluding carboxylic acids is 1. The molecule has 1 heterocycles. The molecule has 3 N–H and O–H groups in total. The molecule has 1 aromatic heterocycles. The van der Waals surface area contributed by atoms with Gasteiger partial charge in [0.2, 0.25) is 0 Å². The number of H-pyrrole nitrogens is 1. The Labute approximate surface area is 82.1 Å². The highest BCUT2D eigenvalue weighted by molar-refractivity contribution is 5.85. The molecule has 0 fully saturated rings. The maximum atomic E-state index is 10.9. The Balaban J connectivity index is 0.00000144. The molecule has 74 valence electrons. The van der Waals surface area contributed by atoms with Crippen molar-refractivity contribution in [1.29, 1.82) is 0 Å². The highest BCUT2D eigenvalue weighted by atomic mass is 35.5. The molecule has 0 saturated carbocycles. The van der Waals surface area contributed by atoms with Crippen LogP contribution in [0.25, 0.3) is 0 Å². The second kappa shape index (κ2) is 5.42. The summed E-state index contributed by atoms with van der Waals surface area (Å²) in [6.07, 6.45) is 1.70. The number of ether oxygens (including phenoxy) is 1. The number of esters is 1. The monoisotopic (exact) mass is 205 g/mol. The maximum absolute atomic E-state index is 10.9. The van der Waals surface area contributed by atoms with Crippen LogP contribution in [0.1, 0.15) is 12.5 Å². The summed E-state index contributed by atoms with van der Waals surface area (Å²) in [6.45, 7) is 2.15. The maximum Gasteiger partial charge on any atom is 0.310 e. The number of carbonyl (C=O) groups is 1. The van der Waals surface area contributed by atoms with Crippen molar-refractivity contribution in [2.24, 2.45) is 0 Å². The zero-order chi connectivity index (χ0) is 8.97. The lowest BCUT2D eigenvalue weighted by molar-refractivity contribution is -0.142. The van der Waals surface area contributed by atoms with E-state index < -0.39 is 0 Å². The molecule has 0 unspecified atom stereocenters. The summed E-state index contributed by atoms with van der Waals surface area (Å²) in [5.74, 6) is 0.133. The third-order valence-corrected chi connectivity index (χ3v) is 1.39. The highest BCUT2D eigenvalue weighted by Crippen LogP contribution is 2.06. The van der Waals surface area contributed by atoms with Gasteiger partial charge in [-0.3, -0.25) is 9.89 Å². The van der Waals surface area contributed by atoms with Gasteiger partial charge < -0.3 is 10.5 Å². The predicted octanol–water partition coefficient (Wildman–Crippen LogP) is 0.519. The summed E-state index contributed by atoms with van der Waals surface area (Å²) >= 11 is 0. The third kappa shape index (κ3) is 3.33. The predicted molar refractivity (Wildman–Crippen MR) is 50.6 cm³/mol. The van der Waals surface area contributed by atoms with Crippen LogP contribution in [-0.2, 0) is 16.0 Å². The molecular formula is C7H12ClN3O2. The van der Waals surface area contributed by atoms with Crippen LogP contribution in [0.2, 0.25) is 0 Å². The number of nitrogens with zero attached hydrogens (tertiary/aromatic N) is 1. The van der Waals surface area contributed by atoms with Crippen molar-refractivity contribution in [2.75, 3.05) is 12.3 Å². The zero-order valence-corrected chi connectivity index (χ0v) is 8.06. The summed E-state index contributed by atoms with van der Waals surface area (Å²) in [6, 6.07) is 0. The van der Waals surface area contributed by atoms with Crippen LogP contribution in [0.3, 0.4) is 0 Å². The van der Waals surface area contributed by atoms with Crippen molar-refractivity contribution in [1.82, 2.24) is 10.2 Å². The van der Waals surface area contributed by atoms with Gasteiger partial charge in [0.05, 0.1) is 19.2 Å². The summed E-state index contributed by atoms with van der Waals surface area (Å²) < 4.78 is 4.73. The molecule has 0 aromatic carbocycles. The molecular weight excluding hydrogens is 194 g/mol. The quantitative estimate of drug-likeness (QED) is 0.705. The number of nitrogen functional groups attached to an aromatic ring is 1. The Morgan fingerprint density at radius 2 is 2.46 bits per heavy atom. The second-order valence-corrected chi connectivity index (χ2v) is 2.29. The van der Waals surface area contributed by atoms with E-state index in [0.717, 1.165) is 0 Å². The largest absolute Gasteiger partial charge is 0.466 e. The van der Waals surface area contributed by atoms with Gasteiger partial charge in [0.15, 0.2) is 0 Å². The lowest BCUT2D eigenvalue weighted by Gasteiger charge is -1.99. The van der Waals surface area contributed by atoms with Gasteiger partial charge in [-0.1, -0.05) is 0 Å². The van der Waals surface area contributed by atoms with Crippen LogP contribution < -0.4 is 5.73 Å². The first-order chi connectivity index (χ1) is 5.74. The Morgan fingerprint density at radius 3 is 2.92 bits per heavy atom. The number of anilines is 1. The number of aromatic amines is 1.